The van der Waals surface area contributed by atoms with Crippen LogP contribution in [0.3, 0.4) is 0 Å². The molecular formula is C13H12BrClO2S2. The molecule has 0 atom stereocenters. The van der Waals surface area contributed by atoms with Gasteiger partial charge in [0.1, 0.15) is 0 Å². The molecule has 0 aliphatic rings. The van der Waals surface area contributed by atoms with E-state index in [9.17, 15) is 0 Å². The highest BCUT2D eigenvalue weighted by atomic mass is 79.9. The van der Waals surface area contributed by atoms with E-state index in [0.29, 0.717) is 0 Å². The summed E-state index contributed by atoms with van der Waals surface area (Å²) >= 11 is 12.8. The van der Waals surface area contributed by atoms with Crippen LogP contribution in [0.5, 0.6) is 0 Å². The highest BCUT2D eigenvalue weighted by molar-refractivity contribution is 9.10. The SMILES string of the molecule is COC(OC)c1cc(Br)c(Sc2ccc(Cl)cc2)s1. The van der Waals surface area contributed by atoms with E-state index in [1.165, 1.54) is 0 Å². The first-order valence-electron chi connectivity index (χ1n) is 5.42. The largest absolute Gasteiger partial charge is 0.351 e. The maximum atomic E-state index is 5.88. The van der Waals surface area contributed by atoms with E-state index in [1.54, 1.807) is 37.3 Å². The second-order valence-electron chi connectivity index (χ2n) is 3.64. The summed E-state index contributed by atoms with van der Waals surface area (Å²) in [7, 11) is 3.27. The van der Waals surface area contributed by atoms with E-state index in [4.69, 9.17) is 21.1 Å². The topological polar surface area (TPSA) is 18.5 Å². The van der Waals surface area contributed by atoms with Crippen LogP contribution >= 0.6 is 50.6 Å². The summed E-state index contributed by atoms with van der Waals surface area (Å²) in [4.78, 5) is 2.18. The molecule has 0 bridgehead atoms. The van der Waals surface area contributed by atoms with Crippen LogP contribution in [0.2, 0.25) is 5.02 Å². The zero-order chi connectivity index (χ0) is 13.8. The van der Waals surface area contributed by atoms with Crippen LogP contribution in [-0.2, 0) is 9.47 Å². The lowest BCUT2D eigenvalue weighted by molar-refractivity contribution is -0.103. The number of ether oxygens (including phenoxy) is 2. The van der Waals surface area contributed by atoms with Gasteiger partial charge in [0.25, 0.3) is 0 Å². The summed E-state index contributed by atoms with van der Waals surface area (Å²) in [6.07, 6.45) is -0.319. The van der Waals surface area contributed by atoms with E-state index in [1.807, 2.05) is 30.3 Å². The lowest BCUT2D eigenvalue weighted by Gasteiger charge is -2.10. The van der Waals surface area contributed by atoms with Crippen LogP contribution in [0.25, 0.3) is 0 Å². The maximum Gasteiger partial charge on any atom is 0.192 e. The molecule has 1 heterocycles. The molecule has 2 aromatic rings. The fourth-order valence-corrected chi connectivity index (χ4v) is 4.73. The molecule has 0 saturated heterocycles. The van der Waals surface area contributed by atoms with Crippen molar-refractivity contribution in [1.82, 2.24) is 0 Å². The van der Waals surface area contributed by atoms with Gasteiger partial charge in [-0.2, -0.15) is 0 Å². The molecule has 6 heteroatoms. The number of rotatable bonds is 5. The van der Waals surface area contributed by atoms with Gasteiger partial charge in [0.2, 0.25) is 0 Å². The van der Waals surface area contributed by atoms with Gasteiger partial charge in [0.15, 0.2) is 6.29 Å². The number of halogens is 2. The number of benzene rings is 1. The van der Waals surface area contributed by atoms with Gasteiger partial charge in [-0.1, -0.05) is 23.4 Å². The normalized spacial score (nSPS) is 11.2. The Hall–Kier alpha value is -0.0400. The van der Waals surface area contributed by atoms with Crippen molar-refractivity contribution in [2.45, 2.75) is 15.4 Å². The molecule has 0 fully saturated rings. The molecule has 19 heavy (non-hydrogen) atoms. The summed E-state index contributed by atoms with van der Waals surface area (Å²) in [6.45, 7) is 0. The molecule has 0 radical (unpaired) electrons. The Morgan fingerprint density at radius 2 is 1.84 bits per heavy atom. The van der Waals surface area contributed by atoms with Crippen molar-refractivity contribution in [3.8, 4) is 0 Å². The first-order valence-corrected chi connectivity index (χ1v) is 8.22. The van der Waals surface area contributed by atoms with Gasteiger partial charge in [0.05, 0.1) is 9.09 Å². The average molecular weight is 380 g/mol. The summed E-state index contributed by atoms with van der Waals surface area (Å²) in [5, 5.41) is 0.745. The molecule has 0 unspecified atom stereocenters. The first kappa shape index (κ1) is 15.4. The van der Waals surface area contributed by atoms with Gasteiger partial charge < -0.3 is 9.47 Å². The molecule has 2 nitrogen and oxygen atoms in total. The van der Waals surface area contributed by atoms with Crippen molar-refractivity contribution in [2.24, 2.45) is 0 Å². The van der Waals surface area contributed by atoms with Crippen molar-refractivity contribution >= 4 is 50.6 Å². The molecule has 1 aromatic heterocycles. The molecule has 102 valence electrons. The minimum atomic E-state index is -0.319. The van der Waals surface area contributed by atoms with Crippen LogP contribution in [0.15, 0.2) is 43.9 Å². The lowest BCUT2D eigenvalue weighted by atomic mass is 10.4. The zero-order valence-electron chi connectivity index (χ0n) is 10.4. The molecule has 1 aromatic carbocycles. The van der Waals surface area contributed by atoms with Gasteiger partial charge in [-0.05, 0) is 46.3 Å². The zero-order valence-corrected chi connectivity index (χ0v) is 14.3. The summed E-state index contributed by atoms with van der Waals surface area (Å²) in [6, 6.07) is 9.81. The van der Waals surface area contributed by atoms with Gasteiger partial charge >= 0.3 is 0 Å². The smallest absolute Gasteiger partial charge is 0.192 e. The number of thiophene rings is 1. The van der Waals surface area contributed by atoms with Gasteiger partial charge in [-0.3, -0.25) is 0 Å². The summed E-state index contributed by atoms with van der Waals surface area (Å²) < 4.78 is 12.7. The van der Waals surface area contributed by atoms with E-state index in [0.717, 1.165) is 23.5 Å². The number of methoxy groups -OCH3 is 2. The second kappa shape index (κ2) is 7.11. The van der Waals surface area contributed by atoms with Gasteiger partial charge in [0, 0.05) is 28.6 Å². The number of hydrogen-bond acceptors (Lipinski definition) is 4. The molecule has 0 saturated carbocycles. The van der Waals surface area contributed by atoms with Crippen LogP contribution in [0, 0.1) is 0 Å². The Labute approximate surface area is 134 Å². The quantitative estimate of drug-likeness (QED) is 0.629. The molecule has 0 N–H and O–H groups in total. The highest BCUT2D eigenvalue weighted by Crippen LogP contribution is 2.42. The number of hydrogen-bond donors (Lipinski definition) is 0. The van der Waals surface area contributed by atoms with Crippen molar-refractivity contribution in [1.29, 1.82) is 0 Å². The summed E-state index contributed by atoms with van der Waals surface area (Å²) in [5.41, 5.74) is 0. The molecular weight excluding hydrogens is 368 g/mol. The monoisotopic (exact) mass is 378 g/mol. The minimum absolute atomic E-state index is 0.319. The minimum Gasteiger partial charge on any atom is -0.351 e. The fourth-order valence-electron chi connectivity index (χ4n) is 1.49. The average Bonchev–Trinajstić information content (AvgIpc) is 2.75. The Bertz CT molecular complexity index is 538. The maximum absolute atomic E-state index is 5.88. The molecule has 0 aliphatic carbocycles. The van der Waals surface area contributed by atoms with Crippen LogP contribution < -0.4 is 0 Å². The first-order chi connectivity index (χ1) is 9.13. The summed E-state index contributed by atoms with van der Waals surface area (Å²) in [5.74, 6) is 0. The highest BCUT2D eigenvalue weighted by Gasteiger charge is 2.16. The van der Waals surface area contributed by atoms with Crippen LogP contribution in [0.1, 0.15) is 11.2 Å². The van der Waals surface area contributed by atoms with E-state index < -0.39 is 0 Å². The van der Waals surface area contributed by atoms with Crippen molar-refractivity contribution in [2.75, 3.05) is 14.2 Å². The second-order valence-corrected chi connectivity index (χ2v) is 7.36. The molecule has 0 amide bonds. The van der Waals surface area contributed by atoms with E-state index in [-0.39, 0.29) is 6.29 Å². The van der Waals surface area contributed by atoms with Crippen LogP contribution in [-0.4, -0.2) is 14.2 Å². The van der Waals surface area contributed by atoms with Gasteiger partial charge in [-0.15, -0.1) is 11.3 Å². The Morgan fingerprint density at radius 3 is 2.42 bits per heavy atom. The van der Waals surface area contributed by atoms with E-state index in [2.05, 4.69) is 15.9 Å². The standard InChI is InChI=1S/C13H12BrClO2S2/c1-16-12(17-2)11-7-10(14)13(19-11)18-9-5-3-8(15)4-6-9/h3-7,12H,1-2H3. The molecule has 0 aliphatic heterocycles. The van der Waals surface area contributed by atoms with Crippen molar-refractivity contribution in [3.63, 3.8) is 0 Å². The predicted molar refractivity (Wildman–Crippen MR) is 84.4 cm³/mol. The molecule has 2 rings (SSSR count). The Balaban J connectivity index is 2.19. The fraction of sp³-hybridized carbons (Fsp3) is 0.231. The van der Waals surface area contributed by atoms with E-state index >= 15 is 0 Å². The van der Waals surface area contributed by atoms with Gasteiger partial charge in [-0.25, -0.2) is 0 Å². The lowest BCUT2D eigenvalue weighted by Crippen LogP contribution is -2.00. The predicted octanol–water partition coefficient (Wildman–Crippen LogP) is 5.61. The van der Waals surface area contributed by atoms with Crippen molar-refractivity contribution in [3.05, 3.63) is 44.7 Å². The Morgan fingerprint density at radius 1 is 1.21 bits per heavy atom. The third-order valence-electron chi connectivity index (χ3n) is 2.36. The van der Waals surface area contributed by atoms with Crippen LogP contribution in [0.4, 0.5) is 0 Å². The third kappa shape index (κ3) is 3.97. The van der Waals surface area contributed by atoms with Crippen molar-refractivity contribution < 1.29 is 9.47 Å². The third-order valence-corrected chi connectivity index (χ3v) is 6.13. The molecule has 0 spiro atoms. The Kier molecular flexibility index (Phi) is 5.74.